The van der Waals surface area contributed by atoms with Crippen LogP contribution in [-0.4, -0.2) is 19.6 Å². The van der Waals surface area contributed by atoms with Gasteiger partial charge in [-0.15, -0.1) is 0 Å². The molecule has 0 aliphatic heterocycles. The molecule has 0 unspecified atom stereocenters. The molecule has 1 saturated carbocycles. The normalized spacial score (nSPS) is 15.3. The summed E-state index contributed by atoms with van der Waals surface area (Å²) in [4.78, 5) is 12.5. The monoisotopic (exact) mass is 381 g/mol. The van der Waals surface area contributed by atoms with E-state index in [1.165, 1.54) is 24.3 Å². The van der Waals surface area contributed by atoms with Gasteiger partial charge in [-0.1, -0.05) is 36.6 Å². The van der Waals surface area contributed by atoms with E-state index in [1.54, 1.807) is 12.1 Å². The highest BCUT2D eigenvalue weighted by Gasteiger charge is 2.30. The standard InChI is InChI=1S/C18H17ClFNO3S/c19-15-9-4-10-16(20)17(15)18(22)21-12-5-3-8-14(11-12)25(23,24)13-6-1-2-7-13/h3-5,8-11,13H,1-2,6-7H2,(H,21,22). The second-order valence-corrected chi connectivity index (χ2v) is 8.67. The van der Waals surface area contributed by atoms with Crippen molar-refractivity contribution in [2.45, 2.75) is 35.8 Å². The summed E-state index contributed by atoms with van der Waals surface area (Å²) in [6.45, 7) is 0. The van der Waals surface area contributed by atoms with Gasteiger partial charge in [-0.2, -0.15) is 0 Å². The molecule has 1 fully saturated rings. The number of anilines is 1. The fourth-order valence-electron chi connectivity index (χ4n) is 3.05. The minimum Gasteiger partial charge on any atom is -0.322 e. The summed E-state index contributed by atoms with van der Waals surface area (Å²) in [5.74, 6) is -1.46. The fraction of sp³-hybridized carbons (Fsp3) is 0.278. The maximum absolute atomic E-state index is 13.8. The maximum atomic E-state index is 13.8. The molecule has 0 atom stereocenters. The predicted molar refractivity (Wildman–Crippen MR) is 95.2 cm³/mol. The number of carbonyl (C=O) groups is 1. The van der Waals surface area contributed by atoms with Crippen LogP contribution in [-0.2, 0) is 9.84 Å². The van der Waals surface area contributed by atoms with Gasteiger partial charge in [-0.3, -0.25) is 4.79 Å². The molecular formula is C18H17ClFNO3S. The Morgan fingerprint density at radius 2 is 1.80 bits per heavy atom. The highest BCUT2D eigenvalue weighted by atomic mass is 35.5. The van der Waals surface area contributed by atoms with E-state index in [-0.39, 0.29) is 26.4 Å². The Labute approximate surface area is 150 Å². The smallest absolute Gasteiger partial charge is 0.260 e. The van der Waals surface area contributed by atoms with Gasteiger partial charge in [0.25, 0.3) is 5.91 Å². The van der Waals surface area contributed by atoms with Gasteiger partial charge in [0, 0.05) is 5.69 Å². The molecule has 2 aromatic rings. The third-order valence-corrected chi connectivity index (χ3v) is 6.93. The topological polar surface area (TPSA) is 63.2 Å². The first-order chi connectivity index (χ1) is 11.9. The first kappa shape index (κ1) is 17.9. The van der Waals surface area contributed by atoms with Crippen LogP contribution in [0.4, 0.5) is 10.1 Å². The van der Waals surface area contributed by atoms with Crippen molar-refractivity contribution in [3.05, 3.63) is 58.9 Å². The van der Waals surface area contributed by atoms with Crippen LogP contribution in [0, 0.1) is 5.82 Å². The Bertz CT molecular complexity index is 888. The quantitative estimate of drug-likeness (QED) is 0.851. The molecule has 0 radical (unpaired) electrons. The molecule has 132 valence electrons. The van der Waals surface area contributed by atoms with Gasteiger partial charge in [0.1, 0.15) is 5.82 Å². The average molecular weight is 382 g/mol. The molecule has 2 aromatic carbocycles. The van der Waals surface area contributed by atoms with Crippen molar-refractivity contribution in [2.75, 3.05) is 5.32 Å². The number of amides is 1. The van der Waals surface area contributed by atoms with Crippen molar-refractivity contribution >= 4 is 33.0 Å². The molecule has 0 saturated heterocycles. The van der Waals surface area contributed by atoms with Crippen LogP contribution >= 0.6 is 11.6 Å². The fourth-order valence-corrected chi connectivity index (χ4v) is 5.20. The summed E-state index contributed by atoms with van der Waals surface area (Å²) >= 11 is 5.88. The van der Waals surface area contributed by atoms with E-state index in [2.05, 4.69) is 5.32 Å². The average Bonchev–Trinajstić information content (AvgIpc) is 3.10. The molecule has 0 heterocycles. The summed E-state index contributed by atoms with van der Waals surface area (Å²) in [5.41, 5.74) is 0.0108. The summed E-state index contributed by atoms with van der Waals surface area (Å²) in [6, 6.07) is 9.99. The lowest BCUT2D eigenvalue weighted by atomic mass is 10.2. The third kappa shape index (κ3) is 3.70. The summed E-state index contributed by atoms with van der Waals surface area (Å²) in [6.07, 6.45) is 3.13. The van der Waals surface area contributed by atoms with E-state index in [4.69, 9.17) is 11.6 Å². The summed E-state index contributed by atoms with van der Waals surface area (Å²) < 4.78 is 39.1. The minimum atomic E-state index is -3.43. The zero-order valence-electron chi connectivity index (χ0n) is 13.3. The number of hydrogen-bond donors (Lipinski definition) is 1. The second kappa shape index (κ2) is 7.14. The van der Waals surface area contributed by atoms with E-state index >= 15 is 0 Å². The van der Waals surface area contributed by atoms with Crippen molar-refractivity contribution in [1.29, 1.82) is 0 Å². The molecule has 1 N–H and O–H groups in total. The number of halogens is 2. The van der Waals surface area contributed by atoms with Gasteiger partial charge in [-0.25, -0.2) is 12.8 Å². The molecule has 4 nitrogen and oxygen atoms in total. The van der Waals surface area contributed by atoms with Gasteiger partial charge >= 0.3 is 0 Å². The van der Waals surface area contributed by atoms with E-state index in [0.29, 0.717) is 12.8 Å². The zero-order chi connectivity index (χ0) is 18.0. The molecule has 3 rings (SSSR count). The maximum Gasteiger partial charge on any atom is 0.260 e. The number of rotatable bonds is 4. The zero-order valence-corrected chi connectivity index (χ0v) is 14.9. The van der Waals surface area contributed by atoms with Crippen LogP contribution in [0.25, 0.3) is 0 Å². The third-order valence-electron chi connectivity index (χ3n) is 4.35. The van der Waals surface area contributed by atoms with Gasteiger partial charge in [0.15, 0.2) is 9.84 Å². The van der Waals surface area contributed by atoms with Gasteiger partial charge in [0.05, 0.1) is 20.7 Å². The van der Waals surface area contributed by atoms with Crippen LogP contribution in [0.1, 0.15) is 36.0 Å². The lowest BCUT2D eigenvalue weighted by Gasteiger charge is -2.13. The Kier molecular flexibility index (Phi) is 5.11. The van der Waals surface area contributed by atoms with E-state index in [1.807, 2.05) is 0 Å². The predicted octanol–water partition coefficient (Wildman–Crippen LogP) is 4.45. The van der Waals surface area contributed by atoms with E-state index < -0.39 is 21.6 Å². The largest absolute Gasteiger partial charge is 0.322 e. The van der Waals surface area contributed by atoms with Crippen molar-refractivity contribution in [2.24, 2.45) is 0 Å². The lowest BCUT2D eigenvalue weighted by Crippen LogP contribution is -2.18. The summed E-state index contributed by atoms with van der Waals surface area (Å²) in [5, 5.41) is 2.13. The Balaban J connectivity index is 1.86. The molecule has 7 heteroatoms. The van der Waals surface area contributed by atoms with Crippen LogP contribution in [0.15, 0.2) is 47.4 Å². The first-order valence-electron chi connectivity index (χ1n) is 7.99. The van der Waals surface area contributed by atoms with E-state index in [9.17, 15) is 17.6 Å². The highest BCUT2D eigenvalue weighted by Crippen LogP contribution is 2.30. The molecule has 0 spiro atoms. The summed E-state index contributed by atoms with van der Waals surface area (Å²) in [7, 11) is -3.43. The Morgan fingerprint density at radius 3 is 2.48 bits per heavy atom. The molecular weight excluding hydrogens is 365 g/mol. The van der Waals surface area contributed by atoms with Gasteiger partial charge in [-0.05, 0) is 43.2 Å². The van der Waals surface area contributed by atoms with Crippen LogP contribution in [0.5, 0.6) is 0 Å². The number of hydrogen-bond acceptors (Lipinski definition) is 3. The molecule has 1 aliphatic carbocycles. The van der Waals surface area contributed by atoms with Gasteiger partial charge < -0.3 is 5.32 Å². The van der Waals surface area contributed by atoms with Crippen molar-refractivity contribution in [3.63, 3.8) is 0 Å². The Hall–Kier alpha value is -1.92. The number of carbonyl (C=O) groups excluding carboxylic acids is 1. The Morgan fingerprint density at radius 1 is 1.12 bits per heavy atom. The molecule has 0 bridgehead atoms. The highest BCUT2D eigenvalue weighted by molar-refractivity contribution is 7.92. The number of sulfone groups is 1. The van der Waals surface area contributed by atoms with Crippen molar-refractivity contribution < 1.29 is 17.6 Å². The van der Waals surface area contributed by atoms with Crippen LogP contribution in [0.2, 0.25) is 5.02 Å². The minimum absolute atomic E-state index is 0.00719. The van der Waals surface area contributed by atoms with Crippen LogP contribution < -0.4 is 5.32 Å². The van der Waals surface area contributed by atoms with Crippen molar-refractivity contribution in [1.82, 2.24) is 0 Å². The molecule has 1 aliphatic rings. The van der Waals surface area contributed by atoms with Crippen LogP contribution in [0.3, 0.4) is 0 Å². The molecule has 1 amide bonds. The molecule has 0 aromatic heterocycles. The number of nitrogens with one attached hydrogen (secondary N) is 1. The molecule has 25 heavy (non-hydrogen) atoms. The lowest BCUT2D eigenvalue weighted by molar-refractivity contribution is 0.102. The van der Waals surface area contributed by atoms with Gasteiger partial charge in [0.2, 0.25) is 0 Å². The SMILES string of the molecule is O=C(Nc1cccc(S(=O)(=O)C2CCCC2)c1)c1c(F)cccc1Cl. The van der Waals surface area contributed by atoms with Crippen molar-refractivity contribution in [3.8, 4) is 0 Å². The van der Waals surface area contributed by atoms with E-state index in [0.717, 1.165) is 18.9 Å². The first-order valence-corrected chi connectivity index (χ1v) is 9.91. The number of benzene rings is 2. The second-order valence-electron chi connectivity index (χ2n) is 6.03.